The van der Waals surface area contributed by atoms with Gasteiger partial charge in [-0.2, -0.15) is 0 Å². The van der Waals surface area contributed by atoms with Crippen LogP contribution >= 0.6 is 0 Å². The van der Waals surface area contributed by atoms with Crippen LogP contribution in [0.25, 0.3) is 0 Å². The molecule has 6 heteroatoms. The maximum Gasteiger partial charge on any atom is 0.228 e. The Kier molecular flexibility index (Phi) is 6.65. The highest BCUT2D eigenvalue weighted by molar-refractivity contribution is 5.95. The lowest BCUT2D eigenvalue weighted by molar-refractivity contribution is -0.144. The van der Waals surface area contributed by atoms with Crippen LogP contribution < -0.4 is 5.32 Å². The van der Waals surface area contributed by atoms with Crippen molar-refractivity contribution in [2.24, 2.45) is 5.41 Å². The summed E-state index contributed by atoms with van der Waals surface area (Å²) in [5, 5.41) is 2.88. The van der Waals surface area contributed by atoms with Gasteiger partial charge >= 0.3 is 0 Å². The number of hydrogen-bond acceptors (Lipinski definition) is 4. The molecular formula is C22H33N3O3. The van der Waals surface area contributed by atoms with Gasteiger partial charge in [0.2, 0.25) is 11.8 Å². The summed E-state index contributed by atoms with van der Waals surface area (Å²) in [7, 11) is 0. The van der Waals surface area contributed by atoms with Crippen molar-refractivity contribution in [1.82, 2.24) is 9.80 Å². The van der Waals surface area contributed by atoms with Crippen molar-refractivity contribution < 1.29 is 14.4 Å². The summed E-state index contributed by atoms with van der Waals surface area (Å²) < 4.78 is 0. The number of piperazine rings is 1. The molecule has 1 N–H and O–H groups in total. The van der Waals surface area contributed by atoms with Gasteiger partial charge in [-0.25, -0.2) is 0 Å². The highest BCUT2D eigenvalue weighted by Crippen LogP contribution is 2.25. The number of Topliss-reactive ketones (excluding diaryl/α,β-unsaturated/α-hetero) is 1. The first-order chi connectivity index (χ1) is 12.9. The molecule has 0 bridgehead atoms. The lowest BCUT2D eigenvalue weighted by Gasteiger charge is -2.48. The summed E-state index contributed by atoms with van der Waals surface area (Å²) in [6.45, 7) is 14.3. The number of rotatable bonds is 5. The molecule has 0 aliphatic carbocycles. The van der Waals surface area contributed by atoms with E-state index >= 15 is 0 Å². The summed E-state index contributed by atoms with van der Waals surface area (Å²) in [6.07, 6.45) is 0.380. The van der Waals surface area contributed by atoms with Crippen molar-refractivity contribution in [3.8, 4) is 0 Å². The Bertz CT molecular complexity index is 732. The van der Waals surface area contributed by atoms with E-state index in [9.17, 15) is 14.4 Å². The maximum absolute atomic E-state index is 12.6. The van der Waals surface area contributed by atoms with Crippen LogP contribution in [0.5, 0.6) is 0 Å². The van der Waals surface area contributed by atoms with E-state index in [1.807, 2.05) is 25.7 Å². The van der Waals surface area contributed by atoms with Crippen LogP contribution in [0, 0.1) is 5.41 Å². The number of benzene rings is 1. The van der Waals surface area contributed by atoms with E-state index in [0.717, 1.165) is 6.54 Å². The van der Waals surface area contributed by atoms with E-state index in [1.54, 1.807) is 24.3 Å². The van der Waals surface area contributed by atoms with E-state index in [4.69, 9.17) is 0 Å². The fourth-order valence-electron chi connectivity index (χ4n) is 3.50. The third-order valence-electron chi connectivity index (χ3n) is 5.19. The smallest absolute Gasteiger partial charge is 0.228 e. The van der Waals surface area contributed by atoms with Gasteiger partial charge in [0, 0.05) is 54.8 Å². The van der Waals surface area contributed by atoms with Crippen LogP contribution in [0.15, 0.2) is 24.3 Å². The largest absolute Gasteiger partial charge is 0.339 e. The first-order valence-corrected chi connectivity index (χ1v) is 9.85. The van der Waals surface area contributed by atoms with Crippen LogP contribution in [0.4, 0.5) is 5.69 Å². The third-order valence-corrected chi connectivity index (χ3v) is 5.19. The molecule has 1 heterocycles. The van der Waals surface area contributed by atoms with Gasteiger partial charge in [0.15, 0.2) is 5.78 Å². The second-order valence-corrected chi connectivity index (χ2v) is 9.21. The molecule has 0 atom stereocenters. The summed E-state index contributed by atoms with van der Waals surface area (Å²) in [5.74, 6) is 0.121. The monoisotopic (exact) mass is 387 g/mol. The van der Waals surface area contributed by atoms with Crippen LogP contribution in [0.2, 0.25) is 0 Å². The molecule has 0 radical (unpaired) electrons. The second-order valence-electron chi connectivity index (χ2n) is 9.21. The zero-order chi connectivity index (χ0) is 21.1. The van der Waals surface area contributed by atoms with Gasteiger partial charge < -0.3 is 10.2 Å². The van der Waals surface area contributed by atoms with Crippen molar-refractivity contribution in [3.05, 3.63) is 29.8 Å². The average Bonchev–Trinajstić information content (AvgIpc) is 2.59. The molecule has 0 spiro atoms. The van der Waals surface area contributed by atoms with E-state index in [1.165, 1.54) is 6.92 Å². The number of amides is 2. The first kappa shape index (κ1) is 22.1. The Morgan fingerprint density at radius 2 is 1.68 bits per heavy atom. The van der Waals surface area contributed by atoms with Crippen molar-refractivity contribution in [1.29, 1.82) is 0 Å². The molecule has 28 heavy (non-hydrogen) atoms. The maximum atomic E-state index is 12.6. The normalized spacial score (nSPS) is 17.3. The highest BCUT2D eigenvalue weighted by atomic mass is 16.2. The molecule has 2 rings (SSSR count). The molecule has 1 aliphatic heterocycles. The number of ketones is 1. The second kappa shape index (κ2) is 8.43. The molecule has 2 amide bonds. The number of nitrogens with one attached hydrogen (secondary N) is 1. The molecule has 6 nitrogen and oxygen atoms in total. The standard InChI is InChI=1S/C22H33N3O3/c1-16(26)17-7-9-18(10-8-17)23-19(27)11-12-25-14-13-24(15-22(25,5)6)20(28)21(2,3)4/h7-10H,11-15H2,1-6H3,(H,23,27). The molecule has 0 aromatic heterocycles. The summed E-state index contributed by atoms with van der Waals surface area (Å²) >= 11 is 0. The van der Waals surface area contributed by atoms with Gasteiger partial charge in [0.1, 0.15) is 0 Å². The molecule has 0 saturated carbocycles. The van der Waals surface area contributed by atoms with Crippen LogP contribution in [-0.4, -0.2) is 59.1 Å². The number of nitrogens with zero attached hydrogens (tertiary/aromatic N) is 2. The van der Waals surface area contributed by atoms with Gasteiger partial charge in [-0.05, 0) is 45.0 Å². The molecule has 1 aromatic rings. The van der Waals surface area contributed by atoms with Crippen molar-refractivity contribution >= 4 is 23.3 Å². The van der Waals surface area contributed by atoms with E-state index < -0.39 is 0 Å². The van der Waals surface area contributed by atoms with E-state index in [2.05, 4.69) is 24.1 Å². The van der Waals surface area contributed by atoms with Crippen LogP contribution in [0.1, 0.15) is 58.3 Å². The SMILES string of the molecule is CC(=O)c1ccc(NC(=O)CCN2CCN(C(=O)C(C)(C)C)CC2(C)C)cc1. The molecule has 0 unspecified atom stereocenters. The summed E-state index contributed by atoms with van der Waals surface area (Å²) in [5.41, 5.74) is 0.760. The lowest BCUT2D eigenvalue weighted by Crippen LogP contribution is -2.61. The summed E-state index contributed by atoms with van der Waals surface area (Å²) in [4.78, 5) is 40.4. The molecule has 1 aromatic carbocycles. The number of hydrogen-bond donors (Lipinski definition) is 1. The Hall–Kier alpha value is -2.21. The molecular weight excluding hydrogens is 354 g/mol. The lowest BCUT2D eigenvalue weighted by atomic mass is 9.91. The van der Waals surface area contributed by atoms with Crippen molar-refractivity contribution in [3.63, 3.8) is 0 Å². The highest BCUT2D eigenvalue weighted by Gasteiger charge is 2.38. The molecule has 154 valence electrons. The van der Waals surface area contributed by atoms with Crippen molar-refractivity contribution in [2.45, 2.75) is 53.5 Å². The fourth-order valence-corrected chi connectivity index (χ4v) is 3.50. The predicted molar refractivity (Wildman–Crippen MR) is 111 cm³/mol. The quantitative estimate of drug-likeness (QED) is 0.788. The minimum atomic E-state index is -0.379. The third kappa shape index (κ3) is 5.64. The van der Waals surface area contributed by atoms with Gasteiger partial charge in [-0.3, -0.25) is 19.3 Å². The average molecular weight is 388 g/mol. The number of carbonyl (C=O) groups is 3. The van der Waals surface area contributed by atoms with Crippen LogP contribution in [-0.2, 0) is 9.59 Å². The first-order valence-electron chi connectivity index (χ1n) is 9.85. The minimum absolute atomic E-state index is 0.00388. The Labute approximate surface area is 168 Å². The van der Waals surface area contributed by atoms with Gasteiger partial charge in [0.05, 0.1) is 0 Å². The van der Waals surface area contributed by atoms with Crippen molar-refractivity contribution in [2.75, 3.05) is 31.5 Å². The molecule has 1 saturated heterocycles. The van der Waals surface area contributed by atoms with Gasteiger partial charge in [-0.15, -0.1) is 0 Å². The Morgan fingerprint density at radius 3 is 2.18 bits per heavy atom. The topological polar surface area (TPSA) is 69.7 Å². The minimum Gasteiger partial charge on any atom is -0.339 e. The zero-order valence-corrected chi connectivity index (χ0v) is 18.0. The van der Waals surface area contributed by atoms with Gasteiger partial charge in [0.25, 0.3) is 0 Å². The van der Waals surface area contributed by atoms with E-state index in [-0.39, 0.29) is 28.6 Å². The predicted octanol–water partition coefficient (Wildman–Crippen LogP) is 3.19. The van der Waals surface area contributed by atoms with Crippen LogP contribution in [0.3, 0.4) is 0 Å². The molecule has 1 fully saturated rings. The number of carbonyl (C=O) groups excluding carboxylic acids is 3. The van der Waals surface area contributed by atoms with E-state index in [0.29, 0.717) is 37.3 Å². The molecule has 1 aliphatic rings. The zero-order valence-electron chi connectivity index (χ0n) is 18.0. The Morgan fingerprint density at radius 1 is 1.07 bits per heavy atom. The summed E-state index contributed by atoms with van der Waals surface area (Å²) in [6, 6.07) is 6.92. The van der Waals surface area contributed by atoms with Gasteiger partial charge in [-0.1, -0.05) is 20.8 Å². The number of anilines is 1. The fraction of sp³-hybridized carbons (Fsp3) is 0.591. The Balaban J connectivity index is 1.87.